The fourth-order valence-corrected chi connectivity index (χ4v) is 3.76. The van der Waals surface area contributed by atoms with Crippen LogP contribution >= 0.6 is 23.2 Å². The molecule has 0 radical (unpaired) electrons. The molecule has 1 saturated heterocycles. The lowest BCUT2D eigenvalue weighted by Gasteiger charge is -2.31. The number of hydrogen-bond acceptors (Lipinski definition) is 4. The molecule has 2 aromatic carbocycles. The standard InChI is InChI=1S/C24H26Cl2N2O2/c1-17-8-10-28(11-9-17)15-21(29)16-30-22-5-2-18(3-6-22)12-20(14-27)19-4-7-23(25)24(26)13-19/h2-7,12-13,17,21,29H,8-11,15-16H2,1H3/b20-12+. The third-order valence-electron chi connectivity index (χ3n) is 5.33. The highest BCUT2D eigenvalue weighted by atomic mass is 35.5. The Labute approximate surface area is 188 Å². The molecule has 1 N–H and O–H groups in total. The summed E-state index contributed by atoms with van der Waals surface area (Å²) in [4.78, 5) is 2.30. The lowest BCUT2D eigenvalue weighted by molar-refractivity contribution is 0.0563. The number of β-amino-alcohol motifs (C(OH)–C–C–N with tert-alkyl or cyclic N) is 1. The molecule has 30 heavy (non-hydrogen) atoms. The Morgan fingerprint density at radius 3 is 2.53 bits per heavy atom. The van der Waals surface area contributed by atoms with Crippen molar-refractivity contribution in [3.05, 3.63) is 63.6 Å². The molecule has 0 spiro atoms. The number of aliphatic hydroxyl groups excluding tert-OH is 1. The maximum Gasteiger partial charge on any atom is 0.119 e. The van der Waals surface area contributed by atoms with Gasteiger partial charge in [-0.1, -0.05) is 48.3 Å². The summed E-state index contributed by atoms with van der Waals surface area (Å²) in [5.41, 5.74) is 2.07. The van der Waals surface area contributed by atoms with Gasteiger partial charge in [-0.2, -0.15) is 5.26 Å². The van der Waals surface area contributed by atoms with Crippen molar-refractivity contribution in [2.24, 2.45) is 5.92 Å². The molecule has 1 unspecified atom stereocenters. The number of rotatable bonds is 7. The van der Waals surface area contributed by atoms with E-state index >= 15 is 0 Å². The van der Waals surface area contributed by atoms with Gasteiger partial charge in [-0.3, -0.25) is 0 Å². The predicted octanol–water partition coefficient (Wildman–Crippen LogP) is 5.53. The first-order chi connectivity index (χ1) is 14.4. The van der Waals surface area contributed by atoms with E-state index in [9.17, 15) is 10.4 Å². The number of ether oxygens (including phenoxy) is 1. The van der Waals surface area contributed by atoms with Gasteiger partial charge in [-0.05, 0) is 73.3 Å². The first-order valence-electron chi connectivity index (χ1n) is 10.1. The maximum atomic E-state index is 10.3. The van der Waals surface area contributed by atoms with E-state index < -0.39 is 6.10 Å². The van der Waals surface area contributed by atoms with Crippen LogP contribution in [0.4, 0.5) is 0 Å². The second-order valence-electron chi connectivity index (χ2n) is 7.82. The molecule has 0 saturated carbocycles. The van der Waals surface area contributed by atoms with Crippen LogP contribution in [0.15, 0.2) is 42.5 Å². The Hall–Kier alpha value is -2.03. The Bertz CT molecular complexity index is 914. The van der Waals surface area contributed by atoms with Crippen LogP contribution in [0, 0.1) is 17.2 Å². The number of nitrogens with zero attached hydrogens (tertiary/aromatic N) is 2. The summed E-state index contributed by atoms with van der Waals surface area (Å²) in [5.74, 6) is 1.46. The number of nitriles is 1. The fourth-order valence-electron chi connectivity index (χ4n) is 3.46. The van der Waals surface area contributed by atoms with Gasteiger partial charge in [0.25, 0.3) is 0 Å². The summed E-state index contributed by atoms with van der Waals surface area (Å²) in [6, 6.07) is 14.8. The smallest absolute Gasteiger partial charge is 0.119 e. The van der Waals surface area contributed by atoms with Crippen LogP contribution in [0.1, 0.15) is 30.9 Å². The molecular formula is C24H26Cl2N2O2. The molecule has 1 aliphatic heterocycles. The van der Waals surface area contributed by atoms with Gasteiger partial charge in [0.05, 0.1) is 21.7 Å². The van der Waals surface area contributed by atoms with Crippen molar-refractivity contribution in [1.82, 2.24) is 4.90 Å². The Morgan fingerprint density at radius 2 is 1.90 bits per heavy atom. The molecule has 0 amide bonds. The summed E-state index contributed by atoms with van der Waals surface area (Å²) in [6.45, 7) is 5.26. The molecule has 1 atom stereocenters. The van der Waals surface area contributed by atoms with Gasteiger partial charge < -0.3 is 14.7 Å². The molecule has 2 aromatic rings. The molecule has 0 bridgehead atoms. The van der Waals surface area contributed by atoms with Crippen molar-refractivity contribution in [3.63, 3.8) is 0 Å². The number of piperidine rings is 1. The minimum absolute atomic E-state index is 0.258. The second kappa shape index (κ2) is 10.8. The molecule has 1 aliphatic rings. The van der Waals surface area contributed by atoms with Crippen LogP contribution in [0.3, 0.4) is 0 Å². The predicted molar refractivity (Wildman–Crippen MR) is 123 cm³/mol. The number of halogens is 2. The number of benzene rings is 2. The quantitative estimate of drug-likeness (QED) is 0.450. The average molecular weight is 445 g/mol. The molecule has 0 aromatic heterocycles. The zero-order valence-electron chi connectivity index (χ0n) is 17.0. The molecular weight excluding hydrogens is 419 g/mol. The first kappa shape index (κ1) is 22.7. The average Bonchev–Trinajstić information content (AvgIpc) is 2.75. The van der Waals surface area contributed by atoms with Gasteiger partial charge in [0.1, 0.15) is 18.5 Å². The number of likely N-dealkylation sites (tertiary alicyclic amines) is 1. The molecule has 6 heteroatoms. The summed E-state index contributed by atoms with van der Waals surface area (Å²) < 4.78 is 5.74. The van der Waals surface area contributed by atoms with E-state index in [1.54, 1.807) is 24.3 Å². The Kier molecular flexibility index (Phi) is 8.18. The number of aliphatic hydroxyl groups is 1. The zero-order valence-corrected chi connectivity index (χ0v) is 18.5. The van der Waals surface area contributed by atoms with Gasteiger partial charge in [-0.25, -0.2) is 0 Å². The highest BCUT2D eigenvalue weighted by molar-refractivity contribution is 6.42. The van der Waals surface area contributed by atoms with Gasteiger partial charge >= 0.3 is 0 Å². The number of allylic oxidation sites excluding steroid dienone is 1. The largest absolute Gasteiger partial charge is 0.491 e. The van der Waals surface area contributed by atoms with Crippen LogP contribution in [-0.4, -0.2) is 42.4 Å². The van der Waals surface area contributed by atoms with Gasteiger partial charge in [0.2, 0.25) is 0 Å². The first-order valence-corrected chi connectivity index (χ1v) is 10.9. The van der Waals surface area contributed by atoms with Crippen LogP contribution in [0.5, 0.6) is 5.75 Å². The molecule has 4 nitrogen and oxygen atoms in total. The second-order valence-corrected chi connectivity index (χ2v) is 8.63. The van der Waals surface area contributed by atoms with Crippen LogP contribution in [0.25, 0.3) is 11.6 Å². The van der Waals surface area contributed by atoms with E-state index in [1.165, 1.54) is 12.8 Å². The van der Waals surface area contributed by atoms with E-state index in [1.807, 2.05) is 24.3 Å². The van der Waals surface area contributed by atoms with Crippen molar-refractivity contribution in [1.29, 1.82) is 5.26 Å². The van der Waals surface area contributed by atoms with E-state index in [0.29, 0.717) is 33.5 Å². The summed E-state index contributed by atoms with van der Waals surface area (Å²) in [7, 11) is 0. The summed E-state index contributed by atoms with van der Waals surface area (Å²) >= 11 is 12.0. The SMILES string of the molecule is CC1CCN(CC(O)COc2ccc(/C=C(\C#N)c3ccc(Cl)c(Cl)c3)cc2)CC1. The maximum absolute atomic E-state index is 10.3. The molecule has 0 aliphatic carbocycles. The Morgan fingerprint density at radius 1 is 1.20 bits per heavy atom. The monoisotopic (exact) mass is 444 g/mol. The zero-order chi connectivity index (χ0) is 21.5. The van der Waals surface area contributed by atoms with Crippen LogP contribution in [-0.2, 0) is 0 Å². The third kappa shape index (κ3) is 6.48. The molecule has 1 fully saturated rings. The van der Waals surface area contributed by atoms with Gasteiger partial charge in [0.15, 0.2) is 0 Å². The highest BCUT2D eigenvalue weighted by Crippen LogP contribution is 2.27. The molecule has 1 heterocycles. The van der Waals surface area contributed by atoms with E-state index in [0.717, 1.165) is 24.6 Å². The van der Waals surface area contributed by atoms with E-state index in [-0.39, 0.29) is 6.61 Å². The van der Waals surface area contributed by atoms with Crippen LogP contribution < -0.4 is 4.74 Å². The molecule has 158 valence electrons. The van der Waals surface area contributed by atoms with E-state index in [2.05, 4.69) is 17.9 Å². The summed E-state index contributed by atoms with van der Waals surface area (Å²) in [5, 5.41) is 20.6. The minimum Gasteiger partial charge on any atom is -0.491 e. The molecule has 3 rings (SSSR count). The number of hydrogen-bond donors (Lipinski definition) is 1. The topological polar surface area (TPSA) is 56.5 Å². The Balaban J connectivity index is 1.55. The fraction of sp³-hybridized carbons (Fsp3) is 0.375. The summed E-state index contributed by atoms with van der Waals surface area (Å²) in [6.07, 6.45) is 3.65. The van der Waals surface area contributed by atoms with Crippen molar-refractivity contribution < 1.29 is 9.84 Å². The van der Waals surface area contributed by atoms with Crippen molar-refractivity contribution >= 4 is 34.9 Å². The van der Waals surface area contributed by atoms with Crippen molar-refractivity contribution in [2.75, 3.05) is 26.2 Å². The van der Waals surface area contributed by atoms with Crippen molar-refractivity contribution in [3.8, 4) is 11.8 Å². The van der Waals surface area contributed by atoms with Crippen molar-refractivity contribution in [2.45, 2.75) is 25.9 Å². The lowest BCUT2D eigenvalue weighted by Crippen LogP contribution is -2.40. The normalized spacial score (nSPS) is 16.8. The third-order valence-corrected chi connectivity index (χ3v) is 6.07. The van der Waals surface area contributed by atoms with E-state index in [4.69, 9.17) is 27.9 Å². The van der Waals surface area contributed by atoms with Gasteiger partial charge in [-0.15, -0.1) is 0 Å². The lowest BCUT2D eigenvalue weighted by atomic mass is 9.99. The minimum atomic E-state index is -0.516. The van der Waals surface area contributed by atoms with Crippen LogP contribution in [0.2, 0.25) is 10.0 Å². The highest BCUT2D eigenvalue weighted by Gasteiger charge is 2.18. The van der Waals surface area contributed by atoms with Gasteiger partial charge in [0, 0.05) is 6.54 Å².